The molecule has 0 amide bonds. The SMILES string of the molecule is CCc1cc2ccccc2[cH-]1.[Cl][V]([Cl])[Cl]. The van der Waals surface area contributed by atoms with Crippen molar-refractivity contribution in [3.63, 3.8) is 0 Å². The van der Waals surface area contributed by atoms with Gasteiger partial charge in [-0.2, -0.15) is 6.07 Å². The molecule has 4 heteroatoms. The third kappa shape index (κ3) is 4.76. The first kappa shape index (κ1) is 13.3. The molecule has 0 bridgehead atoms. The predicted molar refractivity (Wildman–Crippen MR) is 66.5 cm³/mol. The van der Waals surface area contributed by atoms with Crippen LogP contribution in [0.1, 0.15) is 12.5 Å². The number of rotatable bonds is 1. The molecule has 0 radical (unpaired) electrons. The Morgan fingerprint density at radius 3 is 2.33 bits per heavy atom. The van der Waals surface area contributed by atoms with Crippen LogP contribution in [0.4, 0.5) is 0 Å². The molecule has 0 saturated carbocycles. The first-order valence-corrected chi connectivity index (χ1v) is 10.3. The Morgan fingerprint density at radius 1 is 1.20 bits per heavy atom. The Hall–Kier alpha value is 0.284. The van der Waals surface area contributed by atoms with Gasteiger partial charge in [0.25, 0.3) is 0 Å². The van der Waals surface area contributed by atoms with Gasteiger partial charge in [-0.05, 0) is 6.42 Å². The van der Waals surface area contributed by atoms with Gasteiger partial charge in [0, 0.05) is 0 Å². The second-order valence-electron chi connectivity index (χ2n) is 3.04. The van der Waals surface area contributed by atoms with Gasteiger partial charge in [0.2, 0.25) is 0 Å². The molecule has 0 fully saturated rings. The van der Waals surface area contributed by atoms with Crippen LogP contribution in [0.2, 0.25) is 0 Å². The van der Waals surface area contributed by atoms with Crippen molar-refractivity contribution in [1.82, 2.24) is 0 Å². The summed E-state index contributed by atoms with van der Waals surface area (Å²) in [6.45, 7) is 2.19. The molecule has 2 rings (SSSR count). The minimum absolute atomic E-state index is 1.13. The number of benzene rings is 1. The zero-order valence-electron chi connectivity index (χ0n) is 8.25. The van der Waals surface area contributed by atoms with Gasteiger partial charge in [-0.3, -0.25) is 0 Å². The van der Waals surface area contributed by atoms with E-state index in [1.54, 1.807) is 0 Å². The standard InChI is InChI=1S/C11H11.3ClH.V/c1-2-9-7-10-5-3-4-6-11(10)8-9;;;;/h3-8H,2H2,1H3;3*1H;/q-1;;;;+3/p-3. The van der Waals surface area contributed by atoms with E-state index < -0.39 is 12.3 Å². The number of hydrogen-bond acceptors (Lipinski definition) is 0. The van der Waals surface area contributed by atoms with Crippen molar-refractivity contribution in [2.24, 2.45) is 0 Å². The van der Waals surface area contributed by atoms with E-state index in [0.29, 0.717) is 0 Å². The van der Waals surface area contributed by atoms with E-state index in [0.717, 1.165) is 6.42 Å². The van der Waals surface area contributed by atoms with Crippen LogP contribution in [0.5, 0.6) is 0 Å². The predicted octanol–water partition coefficient (Wildman–Crippen LogP) is 5.19. The maximum absolute atomic E-state index is 4.95. The van der Waals surface area contributed by atoms with Gasteiger partial charge in [0.1, 0.15) is 0 Å². The van der Waals surface area contributed by atoms with Crippen LogP contribution in [-0.4, -0.2) is 0 Å². The van der Waals surface area contributed by atoms with E-state index in [2.05, 4.69) is 43.3 Å². The van der Waals surface area contributed by atoms with Crippen LogP contribution in [0.3, 0.4) is 0 Å². The van der Waals surface area contributed by atoms with Gasteiger partial charge in [-0.15, -0.1) is 40.6 Å². The molecule has 0 aliphatic rings. The molecule has 15 heavy (non-hydrogen) atoms. The van der Waals surface area contributed by atoms with Crippen molar-refractivity contribution in [3.05, 3.63) is 42.0 Å². The third-order valence-electron chi connectivity index (χ3n) is 2.09. The molecular formula is C11H11Cl3V-. The molecule has 0 heterocycles. The van der Waals surface area contributed by atoms with E-state index in [4.69, 9.17) is 29.5 Å². The van der Waals surface area contributed by atoms with Crippen molar-refractivity contribution < 1.29 is 12.3 Å². The fraction of sp³-hybridized carbons (Fsp3) is 0.182. The van der Waals surface area contributed by atoms with Crippen molar-refractivity contribution in [3.8, 4) is 0 Å². The summed E-state index contributed by atoms with van der Waals surface area (Å²) in [7, 11) is 14.9. The molecule has 0 aromatic heterocycles. The van der Waals surface area contributed by atoms with Crippen molar-refractivity contribution in [2.45, 2.75) is 13.3 Å². The summed E-state index contributed by atoms with van der Waals surface area (Å²) in [4.78, 5) is 0. The number of halogens is 3. The van der Waals surface area contributed by atoms with Crippen molar-refractivity contribution in [1.29, 1.82) is 0 Å². The molecule has 0 spiro atoms. The monoisotopic (exact) mass is 299 g/mol. The van der Waals surface area contributed by atoms with Gasteiger partial charge in [0.05, 0.1) is 0 Å². The van der Waals surface area contributed by atoms with Crippen molar-refractivity contribution in [2.75, 3.05) is 0 Å². The van der Waals surface area contributed by atoms with Crippen LogP contribution in [0.25, 0.3) is 10.8 Å². The Morgan fingerprint density at radius 2 is 1.80 bits per heavy atom. The summed E-state index contributed by atoms with van der Waals surface area (Å²) in [5.41, 5.74) is 1.44. The Labute approximate surface area is 107 Å². The van der Waals surface area contributed by atoms with Gasteiger partial charge < -0.3 is 0 Å². The maximum atomic E-state index is 4.95. The molecule has 2 aromatic carbocycles. The summed E-state index contributed by atoms with van der Waals surface area (Å²) in [5.74, 6) is 0. The quantitative estimate of drug-likeness (QED) is 0.636. The Balaban J connectivity index is 0.000000245. The second-order valence-corrected chi connectivity index (χ2v) is 9.96. The van der Waals surface area contributed by atoms with Gasteiger partial charge in [-0.25, -0.2) is 0 Å². The number of hydrogen-bond donors (Lipinski definition) is 0. The topological polar surface area (TPSA) is 0 Å². The Kier molecular flexibility index (Phi) is 6.03. The molecule has 2 aromatic rings. The summed E-state index contributed by atoms with van der Waals surface area (Å²) in [6, 6.07) is 13.0. The average molecular weight is 301 g/mol. The molecule has 0 unspecified atom stereocenters. The summed E-state index contributed by atoms with van der Waals surface area (Å²) in [6.07, 6.45) is 1.13. The number of aryl methyl sites for hydroxylation is 1. The zero-order valence-corrected chi connectivity index (χ0v) is 11.9. The molecular weight excluding hydrogens is 289 g/mol. The zero-order chi connectivity index (χ0) is 11.3. The average Bonchev–Trinajstić information content (AvgIpc) is 2.59. The van der Waals surface area contributed by atoms with Gasteiger partial charge in [-0.1, -0.05) is 13.0 Å². The second kappa shape index (κ2) is 6.78. The van der Waals surface area contributed by atoms with E-state index in [1.807, 2.05) is 0 Å². The van der Waals surface area contributed by atoms with Gasteiger partial charge in [0.15, 0.2) is 0 Å². The molecule has 0 aliphatic carbocycles. The van der Waals surface area contributed by atoms with Crippen LogP contribution in [-0.2, 0) is 18.7 Å². The van der Waals surface area contributed by atoms with Crippen LogP contribution in [0.15, 0.2) is 36.4 Å². The minimum atomic E-state index is -1.77. The van der Waals surface area contributed by atoms with E-state index in [9.17, 15) is 0 Å². The molecule has 0 aliphatic heterocycles. The van der Waals surface area contributed by atoms with Crippen LogP contribution in [0, 0.1) is 0 Å². The normalized spacial score (nSPS) is 10.2. The number of fused-ring (bicyclic) bond motifs is 1. The fourth-order valence-corrected chi connectivity index (χ4v) is 1.42. The Bertz CT molecular complexity index is 373. The van der Waals surface area contributed by atoms with Crippen LogP contribution < -0.4 is 0 Å². The molecule has 0 N–H and O–H groups in total. The summed E-state index contributed by atoms with van der Waals surface area (Å²) >= 11 is -1.77. The van der Waals surface area contributed by atoms with E-state index in [-0.39, 0.29) is 0 Å². The van der Waals surface area contributed by atoms with E-state index >= 15 is 0 Å². The molecule has 82 valence electrons. The third-order valence-corrected chi connectivity index (χ3v) is 2.09. The van der Waals surface area contributed by atoms with E-state index in [1.165, 1.54) is 16.3 Å². The molecule has 0 saturated heterocycles. The fourth-order valence-electron chi connectivity index (χ4n) is 1.42. The first-order valence-electron chi connectivity index (χ1n) is 4.55. The van der Waals surface area contributed by atoms with Gasteiger partial charge >= 0.3 is 41.8 Å². The first-order chi connectivity index (χ1) is 7.13. The molecule has 0 atom stereocenters. The van der Waals surface area contributed by atoms with Crippen molar-refractivity contribution >= 4 is 40.3 Å². The summed E-state index contributed by atoms with van der Waals surface area (Å²) in [5, 5.41) is 2.73. The molecule has 0 nitrogen and oxygen atoms in total. The van der Waals surface area contributed by atoms with Crippen LogP contribution >= 0.6 is 29.5 Å². The summed E-state index contributed by atoms with van der Waals surface area (Å²) < 4.78 is 0.